The van der Waals surface area contributed by atoms with Crippen molar-refractivity contribution in [1.82, 2.24) is 5.43 Å². The number of nitrogens with zero attached hydrogens (tertiary/aromatic N) is 1. The van der Waals surface area contributed by atoms with Gasteiger partial charge in [0.15, 0.2) is 5.11 Å². The molecular formula is C11H17N3S. The van der Waals surface area contributed by atoms with Gasteiger partial charge in [-0.2, -0.15) is 5.10 Å². The van der Waals surface area contributed by atoms with Gasteiger partial charge in [0.1, 0.15) is 0 Å². The molecule has 0 bridgehead atoms. The first-order valence-electron chi connectivity index (χ1n) is 4.64. The molecule has 15 heavy (non-hydrogen) atoms. The summed E-state index contributed by atoms with van der Waals surface area (Å²) in [5.41, 5.74) is 8.54. The van der Waals surface area contributed by atoms with Gasteiger partial charge in [0.05, 0.1) is 0 Å². The van der Waals surface area contributed by atoms with E-state index in [-0.39, 0.29) is 5.11 Å². The zero-order chi connectivity index (χ0) is 11.7. The zero-order valence-corrected chi connectivity index (χ0v) is 9.92. The molecule has 4 heteroatoms. The summed E-state index contributed by atoms with van der Waals surface area (Å²) in [6.07, 6.45) is 0. The summed E-state index contributed by atoms with van der Waals surface area (Å²) >= 11 is 4.33. The van der Waals surface area contributed by atoms with E-state index < -0.39 is 0 Å². The van der Waals surface area contributed by atoms with Crippen molar-refractivity contribution in [3.05, 3.63) is 35.9 Å². The van der Waals surface area contributed by atoms with Gasteiger partial charge in [-0.25, -0.2) is 0 Å². The second kappa shape index (κ2) is 7.94. The van der Waals surface area contributed by atoms with Crippen molar-refractivity contribution in [3.8, 4) is 0 Å². The maximum absolute atomic E-state index is 4.89. The monoisotopic (exact) mass is 223 g/mol. The van der Waals surface area contributed by atoms with Crippen molar-refractivity contribution >= 4 is 24.0 Å². The van der Waals surface area contributed by atoms with E-state index in [9.17, 15) is 0 Å². The lowest BCUT2D eigenvalue weighted by Gasteiger charge is -2.01. The van der Waals surface area contributed by atoms with Crippen LogP contribution in [0.1, 0.15) is 25.3 Å². The summed E-state index contributed by atoms with van der Waals surface area (Å²) in [6, 6.07) is 10.5. The molecule has 1 aromatic carbocycles. The number of rotatable bonds is 2. The minimum atomic E-state index is 0.144. The first kappa shape index (κ1) is 13.6. The maximum atomic E-state index is 4.89. The van der Waals surface area contributed by atoms with Crippen molar-refractivity contribution in [3.63, 3.8) is 0 Å². The third-order valence-corrected chi connectivity index (χ3v) is 1.75. The lowest BCUT2D eigenvalue weighted by Crippen LogP contribution is -2.23. The van der Waals surface area contributed by atoms with Gasteiger partial charge in [-0.05, 0) is 23.7 Å². The molecule has 0 amide bonds. The Kier molecular flexibility index (Phi) is 7.18. The molecule has 1 aromatic rings. The Labute approximate surface area is 96.4 Å². The van der Waals surface area contributed by atoms with Crippen LogP contribution in [0.15, 0.2) is 35.4 Å². The highest BCUT2D eigenvalue weighted by Gasteiger charge is 1.93. The Hall–Kier alpha value is -1.42. The predicted molar refractivity (Wildman–Crippen MR) is 70.0 cm³/mol. The number of hydrogen-bond acceptors (Lipinski definition) is 2. The van der Waals surface area contributed by atoms with Crippen molar-refractivity contribution < 1.29 is 0 Å². The number of hydrazone groups is 1. The fourth-order valence-electron chi connectivity index (χ4n) is 0.916. The fourth-order valence-corrected chi connectivity index (χ4v) is 0.980. The number of hydrogen-bond donors (Lipinski definition) is 2. The van der Waals surface area contributed by atoms with Gasteiger partial charge in [0.2, 0.25) is 0 Å². The molecule has 0 saturated carbocycles. The molecule has 0 aromatic heterocycles. The maximum Gasteiger partial charge on any atom is 0.184 e. The van der Waals surface area contributed by atoms with Gasteiger partial charge in [-0.15, -0.1) is 0 Å². The van der Waals surface area contributed by atoms with E-state index >= 15 is 0 Å². The van der Waals surface area contributed by atoms with Gasteiger partial charge in [0.25, 0.3) is 0 Å². The number of thiocarbonyl (C=S) groups is 1. The molecule has 0 aliphatic rings. The lowest BCUT2D eigenvalue weighted by atomic mass is 10.0. The minimum Gasteiger partial charge on any atom is -0.375 e. The van der Waals surface area contributed by atoms with Crippen LogP contribution < -0.4 is 11.2 Å². The quantitative estimate of drug-likeness (QED) is 0.459. The summed E-state index contributed by atoms with van der Waals surface area (Å²) in [5.74, 6) is 0.659. The molecule has 1 rings (SSSR count). The highest BCUT2D eigenvalue weighted by Crippen LogP contribution is 2.11. The van der Waals surface area contributed by atoms with Crippen molar-refractivity contribution in [1.29, 1.82) is 0 Å². The largest absolute Gasteiger partial charge is 0.375 e. The summed E-state index contributed by atoms with van der Waals surface area (Å²) in [6.45, 7) is 7.48. The molecule has 0 atom stereocenters. The van der Waals surface area contributed by atoms with E-state index in [1.165, 1.54) is 5.56 Å². The Morgan fingerprint density at radius 1 is 1.40 bits per heavy atom. The average Bonchev–Trinajstić information content (AvgIpc) is 2.20. The second-order valence-corrected chi connectivity index (χ2v) is 3.64. The molecule has 82 valence electrons. The van der Waals surface area contributed by atoms with Gasteiger partial charge in [0, 0.05) is 6.72 Å². The smallest absolute Gasteiger partial charge is 0.184 e. The summed E-state index contributed by atoms with van der Waals surface area (Å²) in [4.78, 5) is 0. The third kappa shape index (κ3) is 7.64. The van der Waals surface area contributed by atoms with E-state index in [0.29, 0.717) is 5.92 Å². The minimum absolute atomic E-state index is 0.144. The van der Waals surface area contributed by atoms with Crippen LogP contribution in [0.4, 0.5) is 0 Å². The van der Waals surface area contributed by atoms with E-state index in [2.05, 4.69) is 67.6 Å². The summed E-state index contributed by atoms with van der Waals surface area (Å²) in [5, 5.41) is 3.31. The van der Waals surface area contributed by atoms with Crippen molar-refractivity contribution in [2.45, 2.75) is 19.8 Å². The van der Waals surface area contributed by atoms with Gasteiger partial charge >= 0.3 is 0 Å². The van der Waals surface area contributed by atoms with Crippen LogP contribution in [-0.2, 0) is 0 Å². The average molecular weight is 223 g/mol. The normalized spacial score (nSPS) is 8.73. The lowest BCUT2D eigenvalue weighted by molar-refractivity contribution is 0.867. The molecule has 0 aliphatic heterocycles. The van der Waals surface area contributed by atoms with Crippen LogP contribution in [0.5, 0.6) is 0 Å². The van der Waals surface area contributed by atoms with Crippen LogP contribution >= 0.6 is 12.2 Å². The van der Waals surface area contributed by atoms with E-state index in [0.717, 1.165) is 0 Å². The fraction of sp³-hybridized carbons (Fsp3) is 0.273. The molecule has 0 aliphatic carbocycles. The topological polar surface area (TPSA) is 50.4 Å². The highest BCUT2D eigenvalue weighted by molar-refractivity contribution is 7.80. The second-order valence-electron chi connectivity index (χ2n) is 3.20. The van der Waals surface area contributed by atoms with Crippen molar-refractivity contribution in [2.24, 2.45) is 10.8 Å². The molecular weight excluding hydrogens is 206 g/mol. The number of nitrogens with two attached hydrogens (primary N) is 1. The molecule has 0 radical (unpaired) electrons. The highest BCUT2D eigenvalue weighted by atomic mass is 32.1. The molecule has 0 spiro atoms. The molecule has 3 nitrogen and oxygen atoms in total. The van der Waals surface area contributed by atoms with Crippen LogP contribution in [0.3, 0.4) is 0 Å². The molecule has 3 N–H and O–H groups in total. The van der Waals surface area contributed by atoms with Crippen LogP contribution in [-0.4, -0.2) is 11.8 Å². The Morgan fingerprint density at radius 2 is 1.93 bits per heavy atom. The van der Waals surface area contributed by atoms with Crippen LogP contribution in [0.25, 0.3) is 0 Å². The van der Waals surface area contributed by atoms with Crippen LogP contribution in [0, 0.1) is 0 Å². The van der Waals surface area contributed by atoms with E-state index in [1.54, 1.807) is 0 Å². The first-order valence-corrected chi connectivity index (χ1v) is 5.04. The standard InChI is InChI=1S/C9H12.C2H5N3S/c1-8(2)9-6-4-3-5-7-9;1-4-5-2(3)6/h3-8H,1-2H3;1H2,(H3,3,5,6). The third-order valence-electron chi connectivity index (χ3n) is 1.66. The predicted octanol–water partition coefficient (Wildman–Crippen LogP) is 2.25. The van der Waals surface area contributed by atoms with Gasteiger partial charge in [-0.1, -0.05) is 44.2 Å². The zero-order valence-electron chi connectivity index (χ0n) is 9.10. The number of nitrogens with one attached hydrogen (secondary N) is 1. The molecule has 0 saturated heterocycles. The summed E-state index contributed by atoms with van der Waals surface area (Å²) in [7, 11) is 0. The SMILES string of the molecule is C=NNC(N)=S.CC(C)c1ccccc1. The Bertz CT molecular complexity index is 296. The Balaban J connectivity index is 0.000000288. The van der Waals surface area contributed by atoms with Crippen molar-refractivity contribution in [2.75, 3.05) is 0 Å². The van der Waals surface area contributed by atoms with E-state index in [4.69, 9.17) is 5.73 Å². The van der Waals surface area contributed by atoms with Gasteiger partial charge in [-0.3, -0.25) is 5.43 Å². The number of benzene rings is 1. The first-order chi connectivity index (χ1) is 7.07. The summed E-state index contributed by atoms with van der Waals surface area (Å²) < 4.78 is 0. The molecule has 0 fully saturated rings. The molecule has 0 heterocycles. The molecule has 0 unspecified atom stereocenters. The van der Waals surface area contributed by atoms with Gasteiger partial charge < -0.3 is 5.73 Å². The van der Waals surface area contributed by atoms with E-state index in [1.807, 2.05) is 6.07 Å². The van der Waals surface area contributed by atoms with Crippen LogP contribution in [0.2, 0.25) is 0 Å². The Morgan fingerprint density at radius 3 is 2.13 bits per heavy atom.